The van der Waals surface area contributed by atoms with E-state index in [0.29, 0.717) is 0 Å². The number of esters is 1. The summed E-state index contributed by atoms with van der Waals surface area (Å²) >= 11 is 0. The fraction of sp³-hybridized carbons (Fsp3) is 0.889. The highest BCUT2D eigenvalue weighted by atomic mass is 16.5. The predicted octanol–water partition coefficient (Wildman–Crippen LogP) is 1.84. The van der Waals surface area contributed by atoms with E-state index in [1.807, 2.05) is 0 Å². The SMILES string of the molecule is [B][C@@H](C)C(=O)OC1CCCCC1. The molecule has 0 saturated heterocycles. The molecule has 1 fully saturated rings. The van der Waals surface area contributed by atoms with E-state index in [2.05, 4.69) is 0 Å². The van der Waals surface area contributed by atoms with Crippen LogP contribution in [0.25, 0.3) is 0 Å². The molecular formula is C9H15BO2. The van der Waals surface area contributed by atoms with E-state index in [9.17, 15) is 4.79 Å². The zero-order valence-electron chi connectivity index (χ0n) is 7.58. The summed E-state index contributed by atoms with van der Waals surface area (Å²) in [5.41, 5.74) is 0. The average molecular weight is 166 g/mol. The van der Waals surface area contributed by atoms with E-state index in [4.69, 9.17) is 12.6 Å². The van der Waals surface area contributed by atoms with Gasteiger partial charge in [-0.15, -0.1) is 0 Å². The highest BCUT2D eigenvalue weighted by Gasteiger charge is 2.18. The van der Waals surface area contributed by atoms with Crippen molar-refractivity contribution in [1.82, 2.24) is 0 Å². The van der Waals surface area contributed by atoms with Gasteiger partial charge in [0.25, 0.3) is 5.97 Å². The Hall–Kier alpha value is -0.465. The van der Waals surface area contributed by atoms with Gasteiger partial charge < -0.3 is 4.74 Å². The first-order valence-corrected chi connectivity index (χ1v) is 4.66. The van der Waals surface area contributed by atoms with Crippen LogP contribution >= 0.6 is 0 Å². The maximum atomic E-state index is 11.1. The number of carbonyl (C=O) groups excluding carboxylic acids is 1. The van der Waals surface area contributed by atoms with Gasteiger partial charge in [0.15, 0.2) is 0 Å². The van der Waals surface area contributed by atoms with Crippen LogP contribution in [-0.4, -0.2) is 19.9 Å². The highest BCUT2D eigenvalue weighted by molar-refractivity contribution is 6.22. The van der Waals surface area contributed by atoms with Gasteiger partial charge in [-0.05, 0) is 25.7 Å². The lowest BCUT2D eigenvalue weighted by atomic mass is 9.89. The van der Waals surface area contributed by atoms with Crippen molar-refractivity contribution in [3.8, 4) is 0 Å². The Morgan fingerprint density at radius 1 is 1.42 bits per heavy atom. The van der Waals surface area contributed by atoms with Gasteiger partial charge in [0.05, 0.1) is 7.85 Å². The lowest BCUT2D eigenvalue weighted by molar-refractivity contribution is -0.149. The molecule has 2 nitrogen and oxygen atoms in total. The standard InChI is InChI=1S/C9H15BO2/c1-7(10)9(11)12-8-5-3-2-4-6-8/h7-8H,2-6H2,1H3/t7-/m0/s1. The van der Waals surface area contributed by atoms with Gasteiger partial charge in [0.2, 0.25) is 0 Å². The van der Waals surface area contributed by atoms with Crippen molar-refractivity contribution >= 4 is 13.8 Å². The first-order valence-electron chi connectivity index (χ1n) is 4.66. The maximum absolute atomic E-state index is 11.1. The summed E-state index contributed by atoms with van der Waals surface area (Å²) in [5.74, 6) is -0.742. The lowest BCUT2D eigenvalue weighted by Gasteiger charge is -2.22. The first kappa shape index (κ1) is 9.62. The minimum Gasteiger partial charge on any atom is -0.463 e. The molecule has 1 aliphatic rings. The summed E-state index contributed by atoms with van der Waals surface area (Å²) in [6, 6.07) is 0. The zero-order chi connectivity index (χ0) is 8.97. The molecule has 0 bridgehead atoms. The molecule has 0 amide bonds. The van der Waals surface area contributed by atoms with E-state index in [1.165, 1.54) is 19.3 Å². The lowest BCUT2D eigenvalue weighted by Crippen LogP contribution is -2.22. The summed E-state index contributed by atoms with van der Waals surface area (Å²) in [6.07, 6.45) is 5.79. The minimum absolute atomic E-state index is 0.136. The number of ether oxygens (including phenoxy) is 1. The first-order chi connectivity index (χ1) is 5.70. The Bertz CT molecular complexity index is 151. The van der Waals surface area contributed by atoms with Crippen molar-refractivity contribution in [2.45, 2.75) is 50.9 Å². The molecule has 0 aliphatic heterocycles. The maximum Gasteiger partial charge on any atom is 0.300 e. The molecule has 0 N–H and O–H groups in total. The second kappa shape index (κ2) is 4.53. The zero-order valence-corrected chi connectivity index (χ0v) is 7.58. The number of rotatable bonds is 2. The quantitative estimate of drug-likeness (QED) is 0.462. The Morgan fingerprint density at radius 3 is 2.50 bits per heavy atom. The van der Waals surface area contributed by atoms with Crippen molar-refractivity contribution in [2.75, 3.05) is 0 Å². The third kappa shape index (κ3) is 2.88. The topological polar surface area (TPSA) is 26.3 Å². The Kier molecular flexibility index (Phi) is 3.64. The number of carbonyl (C=O) groups is 1. The van der Waals surface area contributed by atoms with Gasteiger partial charge in [0.1, 0.15) is 6.10 Å². The third-order valence-electron chi connectivity index (χ3n) is 2.21. The van der Waals surface area contributed by atoms with Gasteiger partial charge in [-0.1, -0.05) is 13.3 Å². The van der Waals surface area contributed by atoms with Crippen LogP contribution in [0, 0.1) is 0 Å². The highest BCUT2D eigenvalue weighted by Crippen LogP contribution is 2.21. The monoisotopic (exact) mass is 166 g/mol. The van der Waals surface area contributed by atoms with E-state index in [0.717, 1.165) is 12.8 Å². The van der Waals surface area contributed by atoms with E-state index in [-0.39, 0.29) is 12.1 Å². The van der Waals surface area contributed by atoms with Gasteiger partial charge in [-0.3, -0.25) is 4.79 Å². The third-order valence-corrected chi connectivity index (χ3v) is 2.21. The molecule has 0 aromatic heterocycles. The van der Waals surface area contributed by atoms with Gasteiger partial charge >= 0.3 is 0 Å². The molecule has 1 aliphatic carbocycles. The van der Waals surface area contributed by atoms with Crippen LogP contribution in [0.1, 0.15) is 39.0 Å². The van der Waals surface area contributed by atoms with Gasteiger partial charge in [0, 0.05) is 5.82 Å². The Labute approximate surface area is 75.1 Å². The fourth-order valence-electron chi connectivity index (χ4n) is 1.45. The van der Waals surface area contributed by atoms with Crippen LogP contribution in [0.4, 0.5) is 0 Å². The minimum atomic E-state index is -0.480. The molecule has 0 spiro atoms. The molecule has 0 unspecified atom stereocenters. The molecule has 12 heavy (non-hydrogen) atoms. The van der Waals surface area contributed by atoms with Crippen LogP contribution in [0.5, 0.6) is 0 Å². The predicted molar refractivity (Wildman–Crippen MR) is 48.1 cm³/mol. The molecule has 2 radical (unpaired) electrons. The number of hydrogen-bond acceptors (Lipinski definition) is 2. The smallest absolute Gasteiger partial charge is 0.300 e. The second-order valence-electron chi connectivity index (χ2n) is 3.49. The normalized spacial score (nSPS) is 21.8. The van der Waals surface area contributed by atoms with Crippen LogP contribution in [0.2, 0.25) is 5.82 Å². The molecule has 1 rings (SSSR count). The Morgan fingerprint density at radius 2 is 2.00 bits per heavy atom. The van der Waals surface area contributed by atoms with Crippen molar-refractivity contribution in [3.63, 3.8) is 0 Å². The summed E-state index contributed by atoms with van der Waals surface area (Å²) in [7, 11) is 5.38. The molecule has 0 aromatic rings. The van der Waals surface area contributed by atoms with Crippen molar-refractivity contribution in [2.24, 2.45) is 0 Å². The van der Waals surface area contributed by atoms with Crippen LogP contribution in [0.15, 0.2) is 0 Å². The molecule has 3 heteroatoms. The van der Waals surface area contributed by atoms with Crippen molar-refractivity contribution in [3.05, 3.63) is 0 Å². The number of hydrogen-bond donors (Lipinski definition) is 0. The van der Waals surface area contributed by atoms with Crippen molar-refractivity contribution in [1.29, 1.82) is 0 Å². The summed E-state index contributed by atoms with van der Waals surface area (Å²) in [4.78, 5) is 11.1. The molecule has 0 aromatic carbocycles. The fourth-order valence-corrected chi connectivity index (χ4v) is 1.45. The van der Waals surface area contributed by atoms with E-state index in [1.54, 1.807) is 6.92 Å². The van der Waals surface area contributed by atoms with Crippen molar-refractivity contribution < 1.29 is 9.53 Å². The largest absolute Gasteiger partial charge is 0.463 e. The Balaban J connectivity index is 2.24. The summed E-state index contributed by atoms with van der Waals surface area (Å²) < 4.78 is 5.19. The molecule has 0 heterocycles. The molecule has 1 saturated carbocycles. The molecule has 66 valence electrons. The van der Waals surface area contributed by atoms with Gasteiger partial charge in [-0.2, -0.15) is 0 Å². The summed E-state index contributed by atoms with van der Waals surface area (Å²) in [6.45, 7) is 1.66. The van der Waals surface area contributed by atoms with E-state index >= 15 is 0 Å². The van der Waals surface area contributed by atoms with E-state index < -0.39 is 5.82 Å². The van der Waals surface area contributed by atoms with Crippen LogP contribution in [-0.2, 0) is 9.53 Å². The summed E-state index contributed by atoms with van der Waals surface area (Å²) in [5, 5.41) is 0. The molecular weight excluding hydrogens is 151 g/mol. The molecule has 1 atom stereocenters. The van der Waals surface area contributed by atoms with Gasteiger partial charge in [-0.25, -0.2) is 0 Å². The average Bonchev–Trinajstić information content (AvgIpc) is 2.06. The van der Waals surface area contributed by atoms with Crippen LogP contribution < -0.4 is 0 Å². The second-order valence-corrected chi connectivity index (χ2v) is 3.49. The van der Waals surface area contributed by atoms with Crippen LogP contribution in [0.3, 0.4) is 0 Å².